The largest absolute Gasteiger partial charge is 0.469 e. The van der Waals surface area contributed by atoms with Crippen LogP contribution in [0.2, 0.25) is 0 Å². The van der Waals surface area contributed by atoms with Crippen LogP contribution in [0.15, 0.2) is 52.3 Å². The molecule has 3 heterocycles. The third-order valence-corrected chi connectivity index (χ3v) is 5.17. The van der Waals surface area contributed by atoms with E-state index in [0.717, 1.165) is 11.8 Å². The smallest absolute Gasteiger partial charge is 0.226 e. The van der Waals surface area contributed by atoms with Crippen LogP contribution in [-0.4, -0.2) is 20.5 Å². The van der Waals surface area contributed by atoms with Crippen LogP contribution >= 0.6 is 0 Å². The van der Waals surface area contributed by atoms with Crippen molar-refractivity contribution in [1.29, 1.82) is 0 Å². The molecule has 2 atom stereocenters. The zero-order valence-electron chi connectivity index (χ0n) is 14.9. The molecule has 6 nitrogen and oxygen atoms in total. The van der Waals surface area contributed by atoms with Gasteiger partial charge in [-0.05, 0) is 43.2 Å². The number of ketones is 1. The molecule has 0 saturated carbocycles. The van der Waals surface area contributed by atoms with Gasteiger partial charge in [-0.25, -0.2) is 13.5 Å². The number of hydrogen-bond donors (Lipinski definition) is 1. The summed E-state index contributed by atoms with van der Waals surface area (Å²) in [5, 5.41) is 7.55. The number of carbonyl (C=O) groups excluding carboxylic acids is 1. The first-order valence-electron chi connectivity index (χ1n) is 8.95. The highest BCUT2D eigenvalue weighted by Gasteiger charge is 2.40. The molecule has 5 rings (SSSR count). The molecule has 1 aliphatic heterocycles. The quantitative estimate of drug-likeness (QED) is 0.728. The Kier molecular flexibility index (Phi) is 3.68. The molecule has 0 fully saturated rings. The van der Waals surface area contributed by atoms with E-state index >= 15 is 0 Å². The zero-order valence-corrected chi connectivity index (χ0v) is 14.9. The number of halogens is 2. The average Bonchev–Trinajstić information content (AvgIpc) is 3.27. The van der Waals surface area contributed by atoms with Crippen LogP contribution in [0, 0.1) is 18.6 Å². The van der Waals surface area contributed by atoms with Crippen molar-refractivity contribution in [2.45, 2.75) is 31.7 Å². The van der Waals surface area contributed by atoms with E-state index < -0.39 is 17.7 Å². The van der Waals surface area contributed by atoms with Crippen LogP contribution in [0.3, 0.4) is 0 Å². The van der Waals surface area contributed by atoms with Crippen molar-refractivity contribution in [3.05, 3.63) is 76.6 Å². The first-order valence-corrected chi connectivity index (χ1v) is 8.95. The van der Waals surface area contributed by atoms with Gasteiger partial charge in [0.15, 0.2) is 5.78 Å². The highest BCUT2D eigenvalue weighted by atomic mass is 19.1. The highest BCUT2D eigenvalue weighted by molar-refractivity contribution is 6.00. The number of furan rings is 1. The fourth-order valence-electron chi connectivity index (χ4n) is 4.08. The van der Waals surface area contributed by atoms with Crippen molar-refractivity contribution in [1.82, 2.24) is 14.8 Å². The SMILES string of the molecule is Cc1nc2n(n1)[C@@H](c1cc(F)cc(F)c1)C1=C(C[C@H](c3ccco3)CC1=O)N2. The monoisotopic (exact) mass is 382 g/mol. The summed E-state index contributed by atoms with van der Waals surface area (Å²) in [6, 6.07) is 6.17. The van der Waals surface area contributed by atoms with E-state index in [2.05, 4.69) is 15.4 Å². The third-order valence-electron chi connectivity index (χ3n) is 5.17. The average molecular weight is 382 g/mol. The maximum absolute atomic E-state index is 13.9. The standard InChI is InChI=1S/C20H16F2N4O2/c1-10-23-20-24-15-7-11(17-3-2-4-28-17)8-16(27)18(15)19(26(20)25-10)12-5-13(21)9-14(22)6-12/h2-6,9,11,19H,7-8H2,1H3,(H,23,24,25)/t11-,19-/m0/s1. The predicted octanol–water partition coefficient (Wildman–Crippen LogP) is 3.87. The van der Waals surface area contributed by atoms with Crippen molar-refractivity contribution in [3.63, 3.8) is 0 Å². The third kappa shape index (κ3) is 2.64. The number of aromatic nitrogens is 3. The normalized spacial score (nSPS) is 21.3. The molecule has 28 heavy (non-hydrogen) atoms. The number of Topliss-reactive ketones (excluding diaryl/α,β-unsaturated/α-hetero) is 1. The van der Waals surface area contributed by atoms with Crippen LogP contribution in [-0.2, 0) is 4.79 Å². The summed E-state index contributed by atoms with van der Waals surface area (Å²) in [5.74, 6) is 0.0609. The second-order valence-corrected chi connectivity index (χ2v) is 7.09. The Hall–Kier alpha value is -3.29. The van der Waals surface area contributed by atoms with Gasteiger partial charge in [0.25, 0.3) is 0 Å². The fourth-order valence-corrected chi connectivity index (χ4v) is 4.08. The number of aryl methyl sites for hydroxylation is 1. The van der Waals surface area contributed by atoms with Crippen molar-refractivity contribution in [2.24, 2.45) is 0 Å². The molecule has 2 aromatic heterocycles. The topological polar surface area (TPSA) is 73.0 Å². The van der Waals surface area contributed by atoms with E-state index in [-0.39, 0.29) is 18.1 Å². The number of anilines is 1. The predicted molar refractivity (Wildman–Crippen MR) is 95.6 cm³/mol. The molecule has 2 aliphatic rings. The molecule has 0 radical (unpaired) electrons. The lowest BCUT2D eigenvalue weighted by atomic mass is 9.79. The van der Waals surface area contributed by atoms with Gasteiger partial charge in [-0.15, -0.1) is 0 Å². The fraction of sp³-hybridized carbons (Fsp3) is 0.250. The van der Waals surface area contributed by atoms with Crippen LogP contribution in [0.1, 0.15) is 41.9 Å². The van der Waals surface area contributed by atoms with E-state index in [4.69, 9.17) is 4.42 Å². The molecule has 0 bridgehead atoms. The second-order valence-electron chi connectivity index (χ2n) is 7.09. The molecule has 142 valence electrons. The Bertz CT molecular complexity index is 1100. The number of nitrogens with one attached hydrogen (secondary N) is 1. The number of benzene rings is 1. The Morgan fingerprint density at radius 1 is 1.21 bits per heavy atom. The molecule has 1 aromatic carbocycles. The van der Waals surface area contributed by atoms with Gasteiger partial charge in [-0.3, -0.25) is 4.79 Å². The van der Waals surface area contributed by atoms with E-state index in [9.17, 15) is 13.6 Å². The molecular weight excluding hydrogens is 366 g/mol. The summed E-state index contributed by atoms with van der Waals surface area (Å²) in [6.07, 6.45) is 2.37. The number of allylic oxidation sites excluding steroid dienone is 2. The summed E-state index contributed by atoms with van der Waals surface area (Å²) < 4.78 is 34.8. The summed E-state index contributed by atoms with van der Waals surface area (Å²) >= 11 is 0. The maximum Gasteiger partial charge on any atom is 0.226 e. The van der Waals surface area contributed by atoms with Gasteiger partial charge in [0, 0.05) is 29.7 Å². The molecule has 0 unspecified atom stereocenters. The Labute approximate surface area is 158 Å². The number of hydrogen-bond acceptors (Lipinski definition) is 5. The first kappa shape index (κ1) is 16.9. The molecule has 0 amide bonds. The molecular formula is C20H16F2N4O2. The number of fused-ring (bicyclic) bond motifs is 1. The number of carbonyl (C=O) groups is 1. The maximum atomic E-state index is 13.9. The summed E-state index contributed by atoms with van der Waals surface area (Å²) in [4.78, 5) is 17.5. The van der Waals surface area contributed by atoms with Crippen LogP contribution in [0.5, 0.6) is 0 Å². The Morgan fingerprint density at radius 2 is 2.00 bits per heavy atom. The number of nitrogens with zero attached hydrogens (tertiary/aromatic N) is 3. The lowest BCUT2D eigenvalue weighted by molar-refractivity contribution is -0.117. The van der Waals surface area contributed by atoms with Gasteiger partial charge in [0.2, 0.25) is 5.95 Å². The first-order chi connectivity index (χ1) is 13.5. The van der Waals surface area contributed by atoms with Crippen LogP contribution in [0.25, 0.3) is 0 Å². The summed E-state index contributed by atoms with van der Waals surface area (Å²) in [7, 11) is 0. The van der Waals surface area contributed by atoms with Crippen molar-refractivity contribution in [2.75, 3.05) is 5.32 Å². The van der Waals surface area contributed by atoms with Gasteiger partial charge in [-0.2, -0.15) is 10.1 Å². The van der Waals surface area contributed by atoms with Gasteiger partial charge >= 0.3 is 0 Å². The molecule has 0 saturated heterocycles. The van der Waals surface area contributed by atoms with Crippen molar-refractivity contribution < 1.29 is 18.0 Å². The van der Waals surface area contributed by atoms with E-state index in [1.807, 2.05) is 6.07 Å². The molecule has 1 N–H and O–H groups in total. The summed E-state index contributed by atoms with van der Waals surface area (Å²) in [5.41, 5.74) is 1.47. The lowest BCUT2D eigenvalue weighted by Gasteiger charge is -2.34. The molecule has 3 aromatic rings. The molecule has 0 spiro atoms. The van der Waals surface area contributed by atoms with Crippen LogP contribution < -0.4 is 5.32 Å². The highest BCUT2D eigenvalue weighted by Crippen LogP contribution is 2.44. The minimum atomic E-state index is -0.734. The van der Waals surface area contributed by atoms with Crippen molar-refractivity contribution >= 4 is 11.7 Å². The minimum absolute atomic E-state index is 0.103. The number of rotatable bonds is 2. The second kappa shape index (κ2) is 6.12. The Balaban J connectivity index is 1.66. The van der Waals surface area contributed by atoms with Gasteiger partial charge in [-0.1, -0.05) is 0 Å². The van der Waals surface area contributed by atoms with E-state index in [0.29, 0.717) is 35.0 Å². The van der Waals surface area contributed by atoms with E-state index in [1.165, 1.54) is 16.8 Å². The van der Waals surface area contributed by atoms with Gasteiger partial charge < -0.3 is 9.73 Å². The minimum Gasteiger partial charge on any atom is -0.469 e. The molecule has 8 heteroatoms. The van der Waals surface area contributed by atoms with Crippen LogP contribution in [0.4, 0.5) is 14.7 Å². The van der Waals surface area contributed by atoms with Crippen molar-refractivity contribution in [3.8, 4) is 0 Å². The summed E-state index contributed by atoms with van der Waals surface area (Å²) in [6.45, 7) is 1.72. The lowest BCUT2D eigenvalue weighted by Crippen LogP contribution is -2.33. The van der Waals surface area contributed by atoms with Gasteiger partial charge in [0.1, 0.15) is 29.3 Å². The van der Waals surface area contributed by atoms with Gasteiger partial charge in [0.05, 0.1) is 6.26 Å². The zero-order chi connectivity index (χ0) is 19.4. The van der Waals surface area contributed by atoms with E-state index in [1.54, 1.807) is 19.3 Å². The molecule has 1 aliphatic carbocycles. The Morgan fingerprint density at radius 3 is 2.71 bits per heavy atom.